The van der Waals surface area contributed by atoms with Crippen LogP contribution < -0.4 is 0 Å². The van der Waals surface area contributed by atoms with Gasteiger partial charge in [-0.3, -0.25) is 0 Å². The molecular formula is C37H39NO10. The summed E-state index contributed by atoms with van der Waals surface area (Å²) in [5.74, 6) is -2.42. The van der Waals surface area contributed by atoms with Crippen LogP contribution in [0.4, 0.5) is 0 Å². The van der Waals surface area contributed by atoms with E-state index in [0.717, 1.165) is 36.8 Å². The fraction of sp³-hybridized carbons (Fsp3) is 0.541. The molecule has 1 unspecified atom stereocenters. The maximum Gasteiger partial charge on any atom is 0.357 e. The van der Waals surface area contributed by atoms with E-state index in [0.29, 0.717) is 30.4 Å². The Labute approximate surface area is 278 Å². The van der Waals surface area contributed by atoms with Crippen LogP contribution in [0.5, 0.6) is 0 Å². The van der Waals surface area contributed by atoms with Gasteiger partial charge in [0.2, 0.25) is 0 Å². The molecule has 8 rings (SSSR count). The molecule has 0 N–H and O–H groups in total. The molecule has 9 atom stereocenters. The van der Waals surface area contributed by atoms with E-state index >= 15 is 0 Å². The van der Waals surface area contributed by atoms with Gasteiger partial charge in [0.05, 0.1) is 11.2 Å². The number of hydrogen-bond acceptors (Lipinski definition) is 11. The van der Waals surface area contributed by atoms with E-state index in [4.69, 9.17) is 28.4 Å². The first-order valence-electron chi connectivity index (χ1n) is 16.8. The molecule has 252 valence electrons. The molecule has 0 aromatic carbocycles. The van der Waals surface area contributed by atoms with Crippen LogP contribution in [0, 0.1) is 17.8 Å². The summed E-state index contributed by atoms with van der Waals surface area (Å²) >= 11 is 0. The lowest BCUT2D eigenvalue weighted by Crippen LogP contribution is -2.39. The molecule has 3 aliphatic carbocycles. The van der Waals surface area contributed by atoms with Gasteiger partial charge < -0.3 is 28.4 Å². The number of carbonyl (C=O) groups is 4. The number of pyridine rings is 1. The normalized spacial score (nSPS) is 40.3. The number of epoxide rings is 2. The van der Waals surface area contributed by atoms with Crippen LogP contribution in [-0.4, -0.2) is 77.2 Å². The summed E-state index contributed by atoms with van der Waals surface area (Å²) in [5, 5.41) is 0. The quantitative estimate of drug-likeness (QED) is 0.140. The average molecular weight is 658 g/mol. The lowest BCUT2D eigenvalue weighted by Gasteiger charge is -2.24. The van der Waals surface area contributed by atoms with E-state index < -0.39 is 23.1 Å². The molecule has 7 aliphatic rings. The summed E-state index contributed by atoms with van der Waals surface area (Å²) in [5.41, 5.74) is 1.35. The minimum absolute atomic E-state index is 0.00592. The van der Waals surface area contributed by atoms with Crippen LogP contribution in [0.15, 0.2) is 65.8 Å². The highest BCUT2D eigenvalue weighted by atomic mass is 16.7. The van der Waals surface area contributed by atoms with Crippen molar-refractivity contribution in [1.29, 1.82) is 0 Å². The highest BCUT2D eigenvalue weighted by Crippen LogP contribution is 2.69. The Bertz CT molecular complexity index is 1730. The van der Waals surface area contributed by atoms with Crippen molar-refractivity contribution in [3.05, 3.63) is 77.2 Å². The van der Waals surface area contributed by atoms with Gasteiger partial charge in [-0.15, -0.1) is 0 Å². The van der Waals surface area contributed by atoms with E-state index in [1.165, 1.54) is 12.1 Å². The van der Waals surface area contributed by atoms with Gasteiger partial charge >= 0.3 is 23.9 Å². The van der Waals surface area contributed by atoms with Crippen molar-refractivity contribution in [3.8, 4) is 0 Å². The van der Waals surface area contributed by atoms with Crippen molar-refractivity contribution in [2.45, 2.75) is 93.9 Å². The molecule has 11 nitrogen and oxygen atoms in total. The second-order valence-corrected chi connectivity index (χ2v) is 14.5. The molecule has 5 heterocycles. The number of aromatic nitrogens is 1. The number of fused-ring (bicyclic) bond motifs is 4. The van der Waals surface area contributed by atoms with E-state index in [2.05, 4.69) is 37.2 Å². The molecule has 11 heteroatoms. The predicted octanol–water partition coefficient (Wildman–Crippen LogP) is 4.52. The molecule has 0 bridgehead atoms. The molecule has 0 amide bonds. The maximum atomic E-state index is 13.2. The van der Waals surface area contributed by atoms with Gasteiger partial charge in [0, 0.05) is 28.9 Å². The largest absolute Gasteiger partial charge is 0.456 e. The Kier molecular flexibility index (Phi) is 7.13. The van der Waals surface area contributed by atoms with Crippen LogP contribution in [0.3, 0.4) is 0 Å². The summed E-state index contributed by atoms with van der Waals surface area (Å²) < 4.78 is 35.1. The Morgan fingerprint density at radius 3 is 2.38 bits per heavy atom. The van der Waals surface area contributed by atoms with Crippen LogP contribution in [-0.2, 0) is 38.0 Å². The number of nitrogens with zero attached hydrogens (tertiary/aromatic N) is 1. The van der Waals surface area contributed by atoms with Crippen molar-refractivity contribution in [2.75, 3.05) is 13.2 Å². The van der Waals surface area contributed by atoms with E-state index in [1.807, 2.05) is 6.92 Å². The van der Waals surface area contributed by atoms with E-state index in [1.54, 1.807) is 6.07 Å². The van der Waals surface area contributed by atoms with Crippen molar-refractivity contribution in [3.63, 3.8) is 0 Å². The Hall–Kier alpha value is -4.09. The fourth-order valence-corrected chi connectivity index (χ4v) is 8.91. The molecule has 48 heavy (non-hydrogen) atoms. The third-order valence-electron chi connectivity index (χ3n) is 11.8. The van der Waals surface area contributed by atoms with Crippen molar-refractivity contribution in [2.24, 2.45) is 17.8 Å². The Morgan fingerprint density at radius 2 is 1.60 bits per heavy atom. The minimum atomic E-state index is -0.662. The first-order chi connectivity index (χ1) is 22.9. The molecule has 4 aliphatic heterocycles. The number of esters is 4. The van der Waals surface area contributed by atoms with Gasteiger partial charge in [0.1, 0.15) is 48.5 Å². The smallest absolute Gasteiger partial charge is 0.357 e. The molecule has 1 aromatic rings. The lowest BCUT2D eigenvalue weighted by molar-refractivity contribution is -0.142. The number of ether oxygens (including phenoxy) is 6. The van der Waals surface area contributed by atoms with Gasteiger partial charge in [0.25, 0.3) is 0 Å². The van der Waals surface area contributed by atoms with Gasteiger partial charge in [-0.25, -0.2) is 24.2 Å². The fourth-order valence-electron chi connectivity index (χ4n) is 8.91. The third kappa shape index (κ3) is 4.80. The topological polar surface area (TPSA) is 143 Å². The average Bonchev–Trinajstić information content (AvgIpc) is 3.79. The SMILES string of the molecule is C=C1C(=O)O[C@H]2[C@H]1CC/C(COC(=O)c1cccc(C(=O)OCC3=CCC[C@@]4(C)O[C@]45C3C[C@H]3C(=C)C(=O)O[C@@H]35)n1)=C\CC[C@@]1(C)O[C@@H]21. The second-order valence-electron chi connectivity index (χ2n) is 14.5. The first kappa shape index (κ1) is 31.2. The molecule has 4 saturated heterocycles. The van der Waals surface area contributed by atoms with Crippen molar-refractivity contribution >= 4 is 23.9 Å². The summed E-state index contributed by atoms with van der Waals surface area (Å²) in [6, 6.07) is 4.56. The van der Waals surface area contributed by atoms with Gasteiger partial charge in [-0.1, -0.05) is 31.4 Å². The Balaban J connectivity index is 0.897. The molecule has 0 radical (unpaired) electrons. The number of allylic oxidation sites excluding steroid dienone is 2. The van der Waals surface area contributed by atoms with Crippen LogP contribution >= 0.6 is 0 Å². The second kappa shape index (κ2) is 11.0. The lowest BCUT2D eigenvalue weighted by atomic mass is 9.80. The molecule has 1 spiro atoms. The standard InChI is InChI=1S/C37H39NO10/c1-19-23-13-12-21(8-6-14-35(3)30(47-35)28(23)45-31(19)39)17-43-33(41)26-10-5-11-27(38-26)34(42)44-18-22-9-7-15-36(4)37(48-36)25(22)16-24-20(2)32(40)46-29(24)37/h5,8-11,23-25,28-30H,1-2,6-7,12-18H2,3-4H3/b21-8+/t23-,24-,25?,28-,29-,30-,35+,36+,37-/m0/s1. The van der Waals surface area contributed by atoms with Crippen molar-refractivity contribution in [1.82, 2.24) is 4.98 Å². The highest BCUT2D eigenvalue weighted by Gasteiger charge is 2.81. The van der Waals surface area contributed by atoms with E-state index in [9.17, 15) is 19.2 Å². The predicted molar refractivity (Wildman–Crippen MR) is 167 cm³/mol. The van der Waals surface area contributed by atoms with Crippen LogP contribution in [0.1, 0.15) is 79.8 Å². The third-order valence-corrected chi connectivity index (χ3v) is 11.8. The zero-order valence-corrected chi connectivity index (χ0v) is 27.2. The molecular weight excluding hydrogens is 618 g/mol. The summed E-state index contributed by atoms with van der Waals surface area (Å²) in [6.07, 6.45) is 8.19. The number of rotatable bonds is 6. The Morgan fingerprint density at radius 1 is 0.917 bits per heavy atom. The van der Waals surface area contributed by atoms with Gasteiger partial charge in [-0.05, 0) is 82.1 Å². The number of carbonyl (C=O) groups excluding carboxylic acids is 4. The zero-order chi connectivity index (χ0) is 33.6. The highest BCUT2D eigenvalue weighted by molar-refractivity contribution is 5.92. The van der Waals surface area contributed by atoms with Gasteiger partial charge in [-0.2, -0.15) is 0 Å². The number of hydrogen-bond donors (Lipinski definition) is 0. The minimum Gasteiger partial charge on any atom is -0.456 e. The molecule has 5 fully saturated rings. The van der Waals surface area contributed by atoms with Crippen LogP contribution in [0.25, 0.3) is 0 Å². The maximum absolute atomic E-state index is 13.2. The molecule has 1 saturated carbocycles. The van der Waals surface area contributed by atoms with Gasteiger partial charge in [0.15, 0.2) is 0 Å². The van der Waals surface area contributed by atoms with E-state index in [-0.39, 0.29) is 78.2 Å². The first-order valence-corrected chi connectivity index (χ1v) is 16.8. The molecule has 1 aromatic heterocycles. The summed E-state index contributed by atoms with van der Waals surface area (Å²) in [4.78, 5) is 55.1. The monoisotopic (exact) mass is 657 g/mol. The van der Waals surface area contributed by atoms with Crippen LogP contribution in [0.2, 0.25) is 0 Å². The zero-order valence-electron chi connectivity index (χ0n) is 27.2. The summed E-state index contributed by atoms with van der Waals surface area (Å²) in [6.45, 7) is 12.1. The van der Waals surface area contributed by atoms with Crippen molar-refractivity contribution < 1.29 is 47.6 Å². The summed E-state index contributed by atoms with van der Waals surface area (Å²) in [7, 11) is 0.